The molecule has 6 nitrogen and oxygen atoms in total. The summed E-state index contributed by atoms with van der Waals surface area (Å²) in [5.74, 6) is -0.974. The highest BCUT2D eigenvalue weighted by atomic mass is 19.1. The van der Waals surface area contributed by atoms with Crippen molar-refractivity contribution in [2.75, 3.05) is 13.1 Å². The highest BCUT2D eigenvalue weighted by Crippen LogP contribution is 2.07. The Balaban J connectivity index is 1.73. The van der Waals surface area contributed by atoms with Crippen LogP contribution in [0, 0.1) is 17.1 Å². The average molecular weight is 341 g/mol. The lowest BCUT2D eigenvalue weighted by molar-refractivity contribution is -0.117. The van der Waals surface area contributed by atoms with Crippen molar-refractivity contribution < 1.29 is 18.4 Å². The molecule has 0 spiro atoms. The third kappa shape index (κ3) is 5.62. The molecule has 1 heterocycles. The molecular formula is C18H16FN3O3. The van der Waals surface area contributed by atoms with Gasteiger partial charge in [0.15, 0.2) is 0 Å². The number of nitrogens with one attached hydrogen (secondary N) is 2. The minimum atomic E-state index is -0.518. The molecule has 1 aromatic carbocycles. The fourth-order valence-corrected chi connectivity index (χ4v) is 1.98. The van der Waals surface area contributed by atoms with E-state index in [1.165, 1.54) is 30.5 Å². The minimum absolute atomic E-state index is 0.0706. The largest absolute Gasteiger partial charge is 0.465 e. The van der Waals surface area contributed by atoms with E-state index in [9.17, 15) is 14.0 Å². The molecule has 25 heavy (non-hydrogen) atoms. The zero-order valence-electron chi connectivity index (χ0n) is 13.3. The lowest BCUT2D eigenvalue weighted by Gasteiger charge is -2.06. The van der Waals surface area contributed by atoms with E-state index in [2.05, 4.69) is 10.6 Å². The quantitative estimate of drug-likeness (QED) is 0.459. The van der Waals surface area contributed by atoms with Crippen molar-refractivity contribution in [2.45, 2.75) is 6.42 Å². The van der Waals surface area contributed by atoms with Gasteiger partial charge >= 0.3 is 0 Å². The zero-order chi connectivity index (χ0) is 18.1. The van der Waals surface area contributed by atoms with E-state index >= 15 is 0 Å². The first kappa shape index (κ1) is 17.9. The average Bonchev–Trinajstić information content (AvgIpc) is 3.12. The van der Waals surface area contributed by atoms with E-state index in [0.717, 1.165) is 6.07 Å². The van der Waals surface area contributed by atoms with E-state index in [4.69, 9.17) is 9.68 Å². The maximum atomic E-state index is 13.0. The van der Waals surface area contributed by atoms with Gasteiger partial charge in [-0.2, -0.15) is 5.26 Å². The van der Waals surface area contributed by atoms with Crippen LogP contribution in [-0.4, -0.2) is 24.9 Å². The van der Waals surface area contributed by atoms with Crippen LogP contribution in [0.15, 0.2) is 52.7 Å². The van der Waals surface area contributed by atoms with Crippen molar-refractivity contribution in [1.29, 1.82) is 5.26 Å². The Bertz CT molecular complexity index is 807. The highest BCUT2D eigenvalue weighted by molar-refractivity contribution is 6.01. The van der Waals surface area contributed by atoms with Crippen molar-refractivity contribution in [2.24, 2.45) is 0 Å². The van der Waals surface area contributed by atoms with Gasteiger partial charge in [0.25, 0.3) is 11.8 Å². The molecule has 2 amide bonds. The molecule has 0 aliphatic rings. The molecule has 128 valence electrons. The number of hydrogen-bond acceptors (Lipinski definition) is 4. The second-order valence-electron chi connectivity index (χ2n) is 5.06. The van der Waals surface area contributed by atoms with Gasteiger partial charge in [-0.05, 0) is 36.8 Å². The number of furan rings is 1. The van der Waals surface area contributed by atoms with Crippen LogP contribution in [0.4, 0.5) is 4.39 Å². The second-order valence-corrected chi connectivity index (χ2v) is 5.06. The Hall–Kier alpha value is -3.40. The Labute approximate surface area is 143 Å². The summed E-state index contributed by atoms with van der Waals surface area (Å²) in [7, 11) is 0. The molecule has 0 atom stereocenters. The smallest absolute Gasteiger partial charge is 0.262 e. The molecule has 0 fully saturated rings. The minimum Gasteiger partial charge on any atom is -0.465 e. The van der Waals surface area contributed by atoms with E-state index in [0.29, 0.717) is 18.7 Å². The summed E-state index contributed by atoms with van der Waals surface area (Å²) in [4.78, 5) is 23.7. The van der Waals surface area contributed by atoms with E-state index in [-0.39, 0.29) is 23.6 Å². The van der Waals surface area contributed by atoms with Crippen LogP contribution >= 0.6 is 0 Å². The van der Waals surface area contributed by atoms with Crippen LogP contribution in [-0.2, 0) is 4.79 Å². The van der Waals surface area contributed by atoms with E-state index in [1.54, 1.807) is 12.1 Å². The first-order valence-corrected chi connectivity index (χ1v) is 7.57. The van der Waals surface area contributed by atoms with Gasteiger partial charge in [-0.25, -0.2) is 4.39 Å². The number of nitriles is 1. The molecule has 7 heteroatoms. The number of hydrogen-bond donors (Lipinski definition) is 2. The normalized spacial score (nSPS) is 10.8. The number of amides is 2. The van der Waals surface area contributed by atoms with Gasteiger partial charge in [0, 0.05) is 24.7 Å². The SMILES string of the molecule is N#C/C(=C\c1ccco1)C(=O)NCCCNC(=O)c1cccc(F)c1. The first-order chi connectivity index (χ1) is 12.1. The van der Waals surface area contributed by atoms with Gasteiger partial charge < -0.3 is 15.1 Å². The van der Waals surface area contributed by atoms with Crippen LogP contribution in [0.5, 0.6) is 0 Å². The van der Waals surface area contributed by atoms with Gasteiger partial charge in [-0.3, -0.25) is 9.59 Å². The first-order valence-electron chi connectivity index (χ1n) is 7.57. The van der Waals surface area contributed by atoms with Gasteiger partial charge in [0.1, 0.15) is 23.2 Å². The number of carbonyl (C=O) groups is 2. The molecular weight excluding hydrogens is 325 g/mol. The third-order valence-electron chi connectivity index (χ3n) is 3.21. The number of benzene rings is 1. The summed E-state index contributed by atoms with van der Waals surface area (Å²) < 4.78 is 18.1. The molecule has 2 aromatic rings. The van der Waals surface area contributed by atoms with E-state index in [1.807, 2.05) is 6.07 Å². The molecule has 1 aromatic heterocycles. The number of rotatable bonds is 7. The molecule has 2 N–H and O–H groups in total. The molecule has 0 saturated carbocycles. The molecule has 0 radical (unpaired) electrons. The number of nitrogens with zero attached hydrogens (tertiary/aromatic N) is 1. The maximum absolute atomic E-state index is 13.0. The molecule has 0 bridgehead atoms. The summed E-state index contributed by atoms with van der Waals surface area (Å²) in [6, 6.07) is 10.5. The molecule has 0 saturated heterocycles. The molecule has 0 unspecified atom stereocenters. The summed E-state index contributed by atoms with van der Waals surface area (Å²) in [6.45, 7) is 0.582. The number of halogens is 1. The molecule has 2 rings (SSSR count). The summed E-state index contributed by atoms with van der Waals surface area (Å²) >= 11 is 0. The van der Waals surface area contributed by atoms with Crippen LogP contribution in [0.2, 0.25) is 0 Å². The topological polar surface area (TPSA) is 95.1 Å². The summed E-state index contributed by atoms with van der Waals surface area (Å²) in [6.07, 6.45) is 3.26. The summed E-state index contributed by atoms with van der Waals surface area (Å²) in [5.41, 5.74) is 0.163. The van der Waals surface area contributed by atoms with Gasteiger partial charge in [-0.15, -0.1) is 0 Å². The van der Waals surface area contributed by atoms with Gasteiger partial charge in [0.05, 0.1) is 6.26 Å². The van der Waals surface area contributed by atoms with Gasteiger partial charge in [0.2, 0.25) is 0 Å². The highest BCUT2D eigenvalue weighted by Gasteiger charge is 2.09. The maximum Gasteiger partial charge on any atom is 0.262 e. The fraction of sp³-hybridized carbons (Fsp3) is 0.167. The lowest BCUT2D eigenvalue weighted by Crippen LogP contribution is -2.30. The van der Waals surface area contributed by atoms with Crippen LogP contribution in [0.25, 0.3) is 6.08 Å². The second kappa shape index (κ2) is 9.03. The lowest BCUT2D eigenvalue weighted by atomic mass is 10.2. The monoisotopic (exact) mass is 341 g/mol. The third-order valence-corrected chi connectivity index (χ3v) is 3.21. The molecule has 0 aliphatic heterocycles. The van der Waals surface area contributed by atoms with Crippen molar-refractivity contribution >= 4 is 17.9 Å². The van der Waals surface area contributed by atoms with Crippen LogP contribution in [0.3, 0.4) is 0 Å². The van der Waals surface area contributed by atoms with E-state index < -0.39 is 11.7 Å². The van der Waals surface area contributed by atoms with Crippen LogP contribution in [0.1, 0.15) is 22.5 Å². The van der Waals surface area contributed by atoms with Crippen LogP contribution < -0.4 is 10.6 Å². The fourth-order valence-electron chi connectivity index (χ4n) is 1.98. The van der Waals surface area contributed by atoms with Crippen molar-refractivity contribution in [1.82, 2.24) is 10.6 Å². The van der Waals surface area contributed by atoms with Gasteiger partial charge in [-0.1, -0.05) is 6.07 Å². The Morgan fingerprint density at radius 1 is 1.20 bits per heavy atom. The predicted molar refractivity (Wildman–Crippen MR) is 88.7 cm³/mol. The molecule has 0 aliphatic carbocycles. The van der Waals surface area contributed by atoms with Crippen molar-refractivity contribution in [3.8, 4) is 6.07 Å². The Morgan fingerprint density at radius 3 is 2.68 bits per heavy atom. The Morgan fingerprint density at radius 2 is 2.00 bits per heavy atom. The summed E-state index contributed by atoms with van der Waals surface area (Å²) in [5, 5.41) is 14.2. The number of carbonyl (C=O) groups excluding carboxylic acids is 2. The van der Waals surface area contributed by atoms with Crippen molar-refractivity contribution in [3.05, 3.63) is 65.4 Å². The predicted octanol–water partition coefficient (Wildman–Crippen LogP) is 2.26. The van der Waals surface area contributed by atoms with Crippen molar-refractivity contribution in [3.63, 3.8) is 0 Å². The zero-order valence-corrected chi connectivity index (χ0v) is 13.3. The standard InChI is InChI=1S/C18H16FN3O3/c19-15-5-1-4-13(10-15)17(23)21-7-3-8-22-18(24)14(12-20)11-16-6-2-9-25-16/h1-2,4-6,9-11H,3,7-8H2,(H,21,23)(H,22,24)/b14-11+. The Kier molecular flexibility index (Phi) is 6.48.